The first kappa shape index (κ1) is 14.9. The summed E-state index contributed by atoms with van der Waals surface area (Å²) < 4.78 is 0. The minimum absolute atomic E-state index is 0.0517. The van der Waals surface area contributed by atoms with E-state index in [-0.39, 0.29) is 11.9 Å². The van der Waals surface area contributed by atoms with Gasteiger partial charge in [0.1, 0.15) is 0 Å². The fourth-order valence-corrected chi connectivity index (χ4v) is 2.98. The number of carbonyl (C=O) groups is 1. The van der Waals surface area contributed by atoms with Gasteiger partial charge in [0, 0.05) is 18.3 Å². The number of hydrogen-bond acceptors (Lipinski definition) is 3. The van der Waals surface area contributed by atoms with Crippen molar-refractivity contribution in [3.63, 3.8) is 0 Å². The van der Waals surface area contributed by atoms with Crippen LogP contribution in [0, 0.1) is 5.92 Å². The molecule has 0 saturated heterocycles. The van der Waals surface area contributed by atoms with Crippen molar-refractivity contribution in [1.29, 1.82) is 0 Å². The van der Waals surface area contributed by atoms with Crippen LogP contribution in [0.15, 0.2) is 24.3 Å². The molecule has 1 aromatic carbocycles. The summed E-state index contributed by atoms with van der Waals surface area (Å²) in [6, 6.07) is 7.56. The van der Waals surface area contributed by atoms with E-state index in [1.165, 1.54) is 32.1 Å². The number of benzene rings is 1. The van der Waals surface area contributed by atoms with Gasteiger partial charge >= 0.3 is 0 Å². The van der Waals surface area contributed by atoms with E-state index in [0.717, 1.165) is 11.3 Å². The molecule has 1 unspecified atom stereocenters. The van der Waals surface area contributed by atoms with Crippen molar-refractivity contribution in [3.05, 3.63) is 29.8 Å². The van der Waals surface area contributed by atoms with E-state index in [2.05, 4.69) is 5.32 Å². The normalized spacial score (nSPS) is 17.6. The zero-order valence-electron chi connectivity index (χ0n) is 12.0. The van der Waals surface area contributed by atoms with Crippen LogP contribution in [0.3, 0.4) is 0 Å². The molecule has 20 heavy (non-hydrogen) atoms. The molecule has 1 saturated carbocycles. The number of nitrogens with two attached hydrogens (primary N) is 2. The smallest absolute Gasteiger partial charge is 0.224 e. The topological polar surface area (TPSA) is 81.1 Å². The van der Waals surface area contributed by atoms with Crippen LogP contribution in [-0.4, -0.2) is 18.5 Å². The lowest BCUT2D eigenvalue weighted by atomic mass is 9.84. The lowest BCUT2D eigenvalue weighted by Gasteiger charge is -2.30. The maximum Gasteiger partial charge on any atom is 0.224 e. The van der Waals surface area contributed by atoms with Gasteiger partial charge in [0.05, 0.1) is 6.42 Å². The van der Waals surface area contributed by atoms with Crippen molar-refractivity contribution in [3.8, 4) is 0 Å². The largest absolute Gasteiger partial charge is 0.399 e. The summed E-state index contributed by atoms with van der Waals surface area (Å²) in [5.41, 5.74) is 13.2. The monoisotopic (exact) mass is 275 g/mol. The number of anilines is 1. The van der Waals surface area contributed by atoms with Crippen LogP contribution in [0.4, 0.5) is 5.69 Å². The summed E-state index contributed by atoms with van der Waals surface area (Å²) in [4.78, 5) is 12.1. The van der Waals surface area contributed by atoms with Gasteiger partial charge in [-0.1, -0.05) is 31.4 Å². The third-order valence-electron chi connectivity index (χ3n) is 4.16. The second-order valence-electron chi connectivity index (χ2n) is 5.73. The maximum absolute atomic E-state index is 12.1. The Kier molecular flexibility index (Phi) is 5.41. The third kappa shape index (κ3) is 4.23. The molecule has 4 nitrogen and oxygen atoms in total. The first-order valence-corrected chi connectivity index (χ1v) is 7.53. The molecular formula is C16H25N3O. The highest BCUT2D eigenvalue weighted by atomic mass is 16.1. The van der Waals surface area contributed by atoms with Crippen LogP contribution in [0.2, 0.25) is 0 Å². The summed E-state index contributed by atoms with van der Waals surface area (Å²) in [6.07, 6.45) is 6.59. The van der Waals surface area contributed by atoms with Gasteiger partial charge in [-0.05, 0) is 36.5 Å². The summed E-state index contributed by atoms with van der Waals surface area (Å²) in [7, 11) is 0. The SMILES string of the molecule is NCC(NC(=O)Cc1ccc(N)cc1)C1CCCCC1. The summed E-state index contributed by atoms with van der Waals surface area (Å²) in [5, 5.41) is 3.10. The fraction of sp³-hybridized carbons (Fsp3) is 0.562. The minimum Gasteiger partial charge on any atom is -0.399 e. The molecule has 110 valence electrons. The zero-order chi connectivity index (χ0) is 14.4. The number of nitrogens with one attached hydrogen (secondary N) is 1. The lowest BCUT2D eigenvalue weighted by Crippen LogP contribution is -2.46. The first-order chi connectivity index (χ1) is 9.69. The molecule has 2 rings (SSSR count). The summed E-state index contributed by atoms with van der Waals surface area (Å²) in [5.74, 6) is 0.597. The Balaban J connectivity index is 1.86. The molecule has 1 atom stereocenters. The highest BCUT2D eigenvalue weighted by Gasteiger charge is 2.23. The average molecular weight is 275 g/mol. The van der Waals surface area contributed by atoms with Gasteiger partial charge in [-0.2, -0.15) is 0 Å². The summed E-state index contributed by atoms with van der Waals surface area (Å²) >= 11 is 0. The molecule has 1 fully saturated rings. The van der Waals surface area contributed by atoms with E-state index in [0.29, 0.717) is 18.9 Å². The molecule has 0 heterocycles. The van der Waals surface area contributed by atoms with E-state index in [4.69, 9.17) is 11.5 Å². The van der Waals surface area contributed by atoms with Crippen molar-refractivity contribution in [2.45, 2.75) is 44.6 Å². The molecule has 0 spiro atoms. The van der Waals surface area contributed by atoms with Gasteiger partial charge < -0.3 is 16.8 Å². The lowest BCUT2D eigenvalue weighted by molar-refractivity contribution is -0.121. The van der Waals surface area contributed by atoms with Crippen LogP contribution >= 0.6 is 0 Å². The number of hydrogen-bond donors (Lipinski definition) is 3. The van der Waals surface area contributed by atoms with Crippen LogP contribution in [0.5, 0.6) is 0 Å². The number of carbonyl (C=O) groups excluding carboxylic acids is 1. The number of rotatable bonds is 5. The van der Waals surface area contributed by atoms with Crippen molar-refractivity contribution >= 4 is 11.6 Å². The third-order valence-corrected chi connectivity index (χ3v) is 4.16. The maximum atomic E-state index is 12.1. The molecule has 1 aliphatic rings. The Hall–Kier alpha value is -1.55. The van der Waals surface area contributed by atoms with E-state index in [1.807, 2.05) is 24.3 Å². The number of amides is 1. The van der Waals surface area contributed by atoms with Crippen LogP contribution in [0.1, 0.15) is 37.7 Å². The van der Waals surface area contributed by atoms with Gasteiger partial charge in [-0.25, -0.2) is 0 Å². The van der Waals surface area contributed by atoms with Crippen molar-refractivity contribution in [2.24, 2.45) is 11.7 Å². The molecule has 1 aliphatic carbocycles. The highest BCUT2D eigenvalue weighted by molar-refractivity contribution is 5.79. The molecule has 0 bridgehead atoms. The molecule has 0 aliphatic heterocycles. The van der Waals surface area contributed by atoms with Gasteiger partial charge in [-0.15, -0.1) is 0 Å². The second-order valence-corrected chi connectivity index (χ2v) is 5.73. The second kappa shape index (κ2) is 7.29. The van der Waals surface area contributed by atoms with Gasteiger partial charge in [0.2, 0.25) is 5.91 Å². The Morgan fingerprint density at radius 1 is 1.20 bits per heavy atom. The first-order valence-electron chi connectivity index (χ1n) is 7.53. The predicted molar refractivity (Wildman–Crippen MR) is 82.1 cm³/mol. The molecule has 4 heteroatoms. The van der Waals surface area contributed by atoms with Crippen molar-refractivity contribution in [1.82, 2.24) is 5.32 Å². The zero-order valence-corrected chi connectivity index (χ0v) is 12.0. The molecular weight excluding hydrogens is 250 g/mol. The van der Waals surface area contributed by atoms with Crippen LogP contribution in [0.25, 0.3) is 0 Å². The fourth-order valence-electron chi connectivity index (χ4n) is 2.98. The molecule has 1 amide bonds. The molecule has 0 radical (unpaired) electrons. The molecule has 5 N–H and O–H groups in total. The molecule has 0 aromatic heterocycles. The van der Waals surface area contributed by atoms with E-state index >= 15 is 0 Å². The number of nitrogen functional groups attached to an aromatic ring is 1. The van der Waals surface area contributed by atoms with E-state index in [1.54, 1.807) is 0 Å². The van der Waals surface area contributed by atoms with Gasteiger partial charge in [0.25, 0.3) is 0 Å². The van der Waals surface area contributed by atoms with E-state index in [9.17, 15) is 4.79 Å². The predicted octanol–water partition coefficient (Wildman–Crippen LogP) is 1.84. The highest BCUT2D eigenvalue weighted by Crippen LogP contribution is 2.26. The van der Waals surface area contributed by atoms with Crippen molar-refractivity contribution in [2.75, 3.05) is 12.3 Å². The minimum atomic E-state index is 0.0517. The summed E-state index contributed by atoms with van der Waals surface area (Å²) in [6.45, 7) is 0.526. The standard InChI is InChI=1S/C16H25N3O/c17-11-15(13-4-2-1-3-5-13)19-16(20)10-12-6-8-14(18)9-7-12/h6-9,13,15H,1-5,10-11,17-18H2,(H,19,20). The van der Waals surface area contributed by atoms with Crippen molar-refractivity contribution < 1.29 is 4.79 Å². The van der Waals surface area contributed by atoms with Gasteiger partial charge in [0.15, 0.2) is 0 Å². The van der Waals surface area contributed by atoms with Gasteiger partial charge in [-0.3, -0.25) is 4.79 Å². The molecule has 1 aromatic rings. The Morgan fingerprint density at radius 2 is 1.85 bits per heavy atom. The van der Waals surface area contributed by atoms with Crippen LogP contribution < -0.4 is 16.8 Å². The average Bonchev–Trinajstić information content (AvgIpc) is 2.48. The Morgan fingerprint density at radius 3 is 2.45 bits per heavy atom. The Labute approximate surface area is 120 Å². The van der Waals surface area contributed by atoms with Crippen LogP contribution in [-0.2, 0) is 11.2 Å². The quantitative estimate of drug-likeness (QED) is 0.717. The Bertz CT molecular complexity index is 424. The van der Waals surface area contributed by atoms with E-state index < -0.39 is 0 Å².